The average molecular weight is 308 g/mol. The quantitative estimate of drug-likeness (QED) is 0.616. The van der Waals surface area contributed by atoms with Crippen LogP contribution in [0.3, 0.4) is 0 Å². The summed E-state index contributed by atoms with van der Waals surface area (Å²) in [5.41, 5.74) is 0. The van der Waals surface area contributed by atoms with Crippen LogP contribution >= 0.6 is 0 Å². The third-order valence-corrected chi connectivity index (χ3v) is 4.70. The van der Waals surface area contributed by atoms with Crippen LogP contribution < -0.4 is 5.32 Å². The Morgan fingerprint density at radius 1 is 1.35 bits per heavy atom. The van der Waals surface area contributed by atoms with Crippen molar-refractivity contribution < 1.29 is 22.7 Å². The van der Waals surface area contributed by atoms with E-state index in [0.29, 0.717) is 39.5 Å². The van der Waals surface area contributed by atoms with Gasteiger partial charge in [-0.3, -0.25) is 4.79 Å². The van der Waals surface area contributed by atoms with Crippen LogP contribution in [0.2, 0.25) is 0 Å². The topological polar surface area (TPSA) is 84.9 Å². The van der Waals surface area contributed by atoms with Gasteiger partial charge < -0.3 is 14.8 Å². The molecule has 0 aromatic rings. The maximum Gasteiger partial charge on any atom is 0.221 e. The van der Waals surface area contributed by atoms with Crippen LogP contribution in [0.25, 0.3) is 0 Å². The third kappa shape index (κ3) is 6.65. The molecule has 0 saturated carbocycles. The van der Waals surface area contributed by atoms with E-state index in [1.807, 2.05) is 13.8 Å². The van der Waals surface area contributed by atoms with E-state index in [9.17, 15) is 13.2 Å². The zero-order valence-corrected chi connectivity index (χ0v) is 12.9. The minimum Gasteiger partial charge on any atom is -0.379 e. The molecule has 0 radical (unpaired) electrons. The van der Waals surface area contributed by atoms with E-state index < -0.39 is 10.0 Å². The van der Waals surface area contributed by atoms with Gasteiger partial charge >= 0.3 is 0 Å². The third-order valence-electron chi connectivity index (χ3n) is 2.83. The lowest BCUT2D eigenvalue weighted by molar-refractivity contribution is -0.121. The molecular formula is C12H24N2O5S. The summed E-state index contributed by atoms with van der Waals surface area (Å²) in [6.07, 6.45) is 0.0927. The van der Waals surface area contributed by atoms with Crippen molar-refractivity contribution in [3.63, 3.8) is 0 Å². The molecule has 1 heterocycles. The molecule has 0 bridgehead atoms. The van der Waals surface area contributed by atoms with Gasteiger partial charge in [-0.05, 0) is 13.8 Å². The highest BCUT2D eigenvalue weighted by Gasteiger charge is 2.24. The van der Waals surface area contributed by atoms with Gasteiger partial charge in [0.2, 0.25) is 15.9 Å². The van der Waals surface area contributed by atoms with E-state index in [0.717, 1.165) is 0 Å². The smallest absolute Gasteiger partial charge is 0.221 e. The lowest BCUT2D eigenvalue weighted by atomic mass is 10.4. The molecule has 0 unspecified atom stereocenters. The average Bonchev–Trinajstić information content (AvgIpc) is 2.42. The molecule has 7 nitrogen and oxygen atoms in total. The predicted molar refractivity (Wildman–Crippen MR) is 74.9 cm³/mol. The predicted octanol–water partition coefficient (Wildman–Crippen LogP) is -0.420. The Kier molecular flexibility index (Phi) is 7.42. The molecule has 1 fully saturated rings. The molecule has 118 valence electrons. The van der Waals surface area contributed by atoms with Gasteiger partial charge in [0.25, 0.3) is 0 Å². The van der Waals surface area contributed by atoms with Crippen molar-refractivity contribution in [3.8, 4) is 0 Å². The van der Waals surface area contributed by atoms with E-state index in [2.05, 4.69) is 5.32 Å². The number of nitrogens with one attached hydrogen (secondary N) is 1. The van der Waals surface area contributed by atoms with Gasteiger partial charge in [-0.15, -0.1) is 0 Å². The number of carbonyl (C=O) groups excluding carboxylic acids is 1. The van der Waals surface area contributed by atoms with Gasteiger partial charge in [-0.25, -0.2) is 8.42 Å². The SMILES string of the molecule is CC(C)OCCNC(=O)CCS(=O)(=O)N1CCOCC1. The molecular weight excluding hydrogens is 284 g/mol. The number of ether oxygens (including phenoxy) is 2. The van der Waals surface area contributed by atoms with Crippen LogP contribution in [0.4, 0.5) is 0 Å². The molecule has 1 rings (SSSR count). The molecule has 0 aromatic carbocycles. The van der Waals surface area contributed by atoms with Crippen LogP contribution in [-0.4, -0.2) is 69.9 Å². The lowest BCUT2D eigenvalue weighted by Crippen LogP contribution is -2.42. The van der Waals surface area contributed by atoms with Crippen molar-refractivity contribution in [1.29, 1.82) is 0 Å². The molecule has 0 spiro atoms. The number of hydrogen-bond acceptors (Lipinski definition) is 5. The van der Waals surface area contributed by atoms with Crippen molar-refractivity contribution in [2.75, 3.05) is 45.2 Å². The highest BCUT2D eigenvalue weighted by molar-refractivity contribution is 7.89. The van der Waals surface area contributed by atoms with Gasteiger partial charge in [0.05, 0.1) is 31.7 Å². The van der Waals surface area contributed by atoms with E-state index in [1.165, 1.54) is 4.31 Å². The Balaban J connectivity index is 2.22. The first-order valence-corrected chi connectivity index (χ1v) is 8.46. The molecule has 8 heteroatoms. The van der Waals surface area contributed by atoms with Gasteiger partial charge in [-0.2, -0.15) is 4.31 Å². The second-order valence-corrected chi connectivity index (χ2v) is 6.94. The molecule has 0 aromatic heterocycles. The molecule has 20 heavy (non-hydrogen) atoms. The Morgan fingerprint density at radius 3 is 2.60 bits per heavy atom. The first kappa shape index (κ1) is 17.4. The second kappa shape index (κ2) is 8.56. The summed E-state index contributed by atoms with van der Waals surface area (Å²) in [5.74, 6) is -0.432. The summed E-state index contributed by atoms with van der Waals surface area (Å²) in [4.78, 5) is 11.5. The first-order chi connectivity index (χ1) is 9.42. The molecule has 0 aliphatic carbocycles. The maximum atomic E-state index is 12.0. The molecule has 1 N–H and O–H groups in total. The Morgan fingerprint density at radius 2 is 2.00 bits per heavy atom. The molecule has 1 aliphatic rings. The van der Waals surface area contributed by atoms with E-state index in [-0.39, 0.29) is 24.2 Å². The minimum atomic E-state index is -3.36. The van der Waals surface area contributed by atoms with E-state index >= 15 is 0 Å². The van der Waals surface area contributed by atoms with Crippen LogP contribution in [0, 0.1) is 0 Å². The van der Waals surface area contributed by atoms with Crippen molar-refractivity contribution in [1.82, 2.24) is 9.62 Å². The van der Waals surface area contributed by atoms with E-state index in [4.69, 9.17) is 9.47 Å². The summed E-state index contributed by atoms with van der Waals surface area (Å²) < 4.78 is 35.7. The summed E-state index contributed by atoms with van der Waals surface area (Å²) in [7, 11) is -3.36. The second-order valence-electron chi connectivity index (χ2n) is 4.85. The highest BCUT2D eigenvalue weighted by Crippen LogP contribution is 2.06. The molecule has 1 saturated heterocycles. The summed E-state index contributed by atoms with van der Waals surface area (Å²) in [6, 6.07) is 0. The number of nitrogens with zero attached hydrogens (tertiary/aromatic N) is 1. The van der Waals surface area contributed by atoms with Gasteiger partial charge in [0.15, 0.2) is 0 Å². The highest BCUT2D eigenvalue weighted by atomic mass is 32.2. The number of morpholine rings is 1. The largest absolute Gasteiger partial charge is 0.379 e. The fourth-order valence-electron chi connectivity index (χ4n) is 1.75. The maximum absolute atomic E-state index is 12.0. The Labute approximate surface area is 120 Å². The number of rotatable bonds is 8. The zero-order valence-electron chi connectivity index (χ0n) is 12.1. The summed E-state index contributed by atoms with van der Waals surface area (Å²) >= 11 is 0. The standard InChI is InChI=1S/C12H24N2O5S/c1-11(2)19-7-4-13-12(15)3-10-20(16,17)14-5-8-18-9-6-14/h11H,3-10H2,1-2H3,(H,13,15). The Bertz CT molecular complexity index is 391. The fourth-order valence-corrected chi connectivity index (χ4v) is 3.16. The van der Waals surface area contributed by atoms with Crippen molar-refractivity contribution >= 4 is 15.9 Å². The number of hydrogen-bond donors (Lipinski definition) is 1. The van der Waals surface area contributed by atoms with Crippen molar-refractivity contribution in [2.24, 2.45) is 0 Å². The van der Waals surface area contributed by atoms with Crippen molar-refractivity contribution in [3.05, 3.63) is 0 Å². The van der Waals surface area contributed by atoms with E-state index in [1.54, 1.807) is 0 Å². The Hall–Kier alpha value is -0.700. The monoisotopic (exact) mass is 308 g/mol. The molecule has 0 atom stereocenters. The summed E-state index contributed by atoms with van der Waals surface area (Å²) in [6.45, 7) is 6.22. The van der Waals surface area contributed by atoms with Crippen LogP contribution in [0.5, 0.6) is 0 Å². The normalized spacial score (nSPS) is 17.4. The van der Waals surface area contributed by atoms with Crippen LogP contribution in [0.1, 0.15) is 20.3 Å². The van der Waals surface area contributed by atoms with Gasteiger partial charge in [0.1, 0.15) is 0 Å². The lowest BCUT2D eigenvalue weighted by Gasteiger charge is -2.25. The summed E-state index contributed by atoms with van der Waals surface area (Å²) in [5, 5.41) is 2.64. The van der Waals surface area contributed by atoms with Crippen LogP contribution in [-0.2, 0) is 24.3 Å². The van der Waals surface area contributed by atoms with Gasteiger partial charge in [-0.1, -0.05) is 0 Å². The van der Waals surface area contributed by atoms with Crippen LogP contribution in [0.15, 0.2) is 0 Å². The number of sulfonamides is 1. The molecule has 1 amide bonds. The number of amides is 1. The minimum absolute atomic E-state index is 0.0264. The van der Waals surface area contributed by atoms with Crippen molar-refractivity contribution in [2.45, 2.75) is 26.4 Å². The zero-order chi connectivity index (χ0) is 15.0. The van der Waals surface area contributed by atoms with Gasteiger partial charge in [0, 0.05) is 26.1 Å². The number of carbonyl (C=O) groups is 1. The molecule has 1 aliphatic heterocycles. The first-order valence-electron chi connectivity index (χ1n) is 6.85. The fraction of sp³-hybridized carbons (Fsp3) is 0.917.